The summed E-state index contributed by atoms with van der Waals surface area (Å²) in [7, 11) is 0. The first-order chi connectivity index (χ1) is 14.4. The molecular formula is C23H17N3O3S. The zero-order chi connectivity index (χ0) is 21.3. The van der Waals surface area contributed by atoms with Gasteiger partial charge in [-0.05, 0) is 61.6 Å². The van der Waals surface area contributed by atoms with E-state index in [1.165, 1.54) is 0 Å². The summed E-state index contributed by atoms with van der Waals surface area (Å²) in [5.74, 6) is -1.07. The van der Waals surface area contributed by atoms with Crippen LogP contribution in [0, 0.1) is 6.92 Å². The summed E-state index contributed by atoms with van der Waals surface area (Å²) in [6.45, 7) is 1.90. The summed E-state index contributed by atoms with van der Waals surface area (Å²) in [5.41, 5.74) is 3.18. The third kappa shape index (κ3) is 3.70. The van der Waals surface area contributed by atoms with Gasteiger partial charge in [0.1, 0.15) is 0 Å². The fourth-order valence-electron chi connectivity index (χ4n) is 3.27. The summed E-state index contributed by atoms with van der Waals surface area (Å²) in [4.78, 5) is 38.8. The summed E-state index contributed by atoms with van der Waals surface area (Å²) < 4.78 is 0. The first-order valence-corrected chi connectivity index (χ1v) is 9.62. The van der Waals surface area contributed by atoms with Crippen LogP contribution in [0.4, 0.5) is 11.4 Å². The molecule has 0 bridgehead atoms. The zero-order valence-corrected chi connectivity index (χ0v) is 16.8. The van der Waals surface area contributed by atoms with Gasteiger partial charge in [0.2, 0.25) is 0 Å². The Hall–Kier alpha value is -3.84. The molecule has 0 spiro atoms. The van der Waals surface area contributed by atoms with Gasteiger partial charge < -0.3 is 5.32 Å². The van der Waals surface area contributed by atoms with Gasteiger partial charge in [-0.1, -0.05) is 35.9 Å². The maximum Gasteiger partial charge on any atom is 0.266 e. The fourth-order valence-corrected chi connectivity index (χ4v) is 3.48. The third-order valence-electron chi connectivity index (χ3n) is 4.66. The van der Waals surface area contributed by atoms with Crippen LogP contribution in [0.15, 0.2) is 72.8 Å². The normalized spacial score (nSPS) is 12.5. The van der Waals surface area contributed by atoms with Gasteiger partial charge in [0.15, 0.2) is 5.11 Å². The third-order valence-corrected chi connectivity index (χ3v) is 4.87. The van der Waals surface area contributed by atoms with Crippen molar-refractivity contribution in [3.05, 3.63) is 95.1 Å². The maximum atomic E-state index is 12.7. The molecule has 30 heavy (non-hydrogen) atoms. The minimum absolute atomic E-state index is 0.112. The van der Waals surface area contributed by atoms with Crippen molar-refractivity contribution in [1.82, 2.24) is 5.32 Å². The van der Waals surface area contributed by atoms with Crippen molar-refractivity contribution < 1.29 is 14.4 Å². The first kappa shape index (κ1) is 19.5. The van der Waals surface area contributed by atoms with Crippen molar-refractivity contribution in [2.45, 2.75) is 6.92 Å². The lowest BCUT2D eigenvalue weighted by molar-refractivity contribution is 0.0924. The highest BCUT2D eigenvalue weighted by Gasteiger charge is 2.36. The molecule has 3 amide bonds. The van der Waals surface area contributed by atoms with Gasteiger partial charge in [0, 0.05) is 11.3 Å². The Kier molecular flexibility index (Phi) is 5.12. The van der Waals surface area contributed by atoms with Crippen LogP contribution in [0.3, 0.4) is 0 Å². The van der Waals surface area contributed by atoms with E-state index in [0.717, 1.165) is 10.5 Å². The van der Waals surface area contributed by atoms with E-state index < -0.39 is 0 Å². The van der Waals surface area contributed by atoms with Gasteiger partial charge in [-0.15, -0.1) is 0 Å². The molecule has 0 fully saturated rings. The Labute approximate surface area is 178 Å². The van der Waals surface area contributed by atoms with E-state index in [0.29, 0.717) is 28.1 Å². The lowest BCUT2D eigenvalue weighted by atomic mass is 10.1. The number of hydrogen-bond donors (Lipinski definition) is 2. The van der Waals surface area contributed by atoms with Crippen LogP contribution in [0.25, 0.3) is 0 Å². The SMILES string of the molecule is Cc1cccc(C(=O)NC(=S)Nc2cccc(N3C(=O)c4ccccc4C3=O)c2)c1. The predicted molar refractivity (Wildman–Crippen MR) is 119 cm³/mol. The van der Waals surface area contributed by atoms with E-state index in [1.54, 1.807) is 66.7 Å². The Balaban J connectivity index is 1.49. The number of amides is 3. The topological polar surface area (TPSA) is 78.5 Å². The predicted octanol–water partition coefficient (Wildman–Crippen LogP) is 3.92. The second-order valence-corrected chi connectivity index (χ2v) is 7.23. The minimum atomic E-state index is -0.372. The Bertz CT molecular complexity index is 1170. The van der Waals surface area contributed by atoms with Gasteiger partial charge in [0.05, 0.1) is 16.8 Å². The highest BCUT2D eigenvalue weighted by Crippen LogP contribution is 2.29. The second kappa shape index (κ2) is 7.88. The number of carbonyl (C=O) groups is 3. The number of nitrogens with one attached hydrogen (secondary N) is 2. The number of aryl methyl sites for hydroxylation is 1. The molecule has 148 valence electrons. The van der Waals surface area contributed by atoms with E-state index in [2.05, 4.69) is 10.6 Å². The van der Waals surface area contributed by atoms with Crippen molar-refractivity contribution in [3.63, 3.8) is 0 Å². The number of anilines is 2. The van der Waals surface area contributed by atoms with Gasteiger partial charge in [0.25, 0.3) is 17.7 Å². The molecule has 1 heterocycles. The van der Waals surface area contributed by atoms with E-state index >= 15 is 0 Å². The summed E-state index contributed by atoms with van der Waals surface area (Å²) >= 11 is 5.24. The Morgan fingerprint density at radius 3 is 2.20 bits per heavy atom. The average Bonchev–Trinajstić information content (AvgIpc) is 2.99. The molecule has 0 saturated carbocycles. The smallest absolute Gasteiger partial charge is 0.266 e. The first-order valence-electron chi connectivity index (χ1n) is 9.21. The minimum Gasteiger partial charge on any atom is -0.332 e. The Morgan fingerprint density at radius 2 is 1.53 bits per heavy atom. The number of rotatable bonds is 3. The van der Waals surface area contributed by atoms with E-state index in [-0.39, 0.29) is 22.8 Å². The van der Waals surface area contributed by atoms with Crippen molar-refractivity contribution in [1.29, 1.82) is 0 Å². The summed E-state index contributed by atoms with van der Waals surface area (Å²) in [6, 6.07) is 20.6. The molecule has 0 atom stereocenters. The van der Waals surface area contributed by atoms with Gasteiger partial charge >= 0.3 is 0 Å². The molecule has 0 saturated heterocycles. The molecule has 2 N–H and O–H groups in total. The maximum absolute atomic E-state index is 12.7. The van der Waals surface area contributed by atoms with Gasteiger partial charge in [-0.2, -0.15) is 0 Å². The summed E-state index contributed by atoms with van der Waals surface area (Å²) in [5, 5.41) is 5.66. The van der Waals surface area contributed by atoms with Crippen LogP contribution < -0.4 is 15.5 Å². The lowest BCUT2D eigenvalue weighted by Gasteiger charge is -2.16. The number of thiocarbonyl (C=S) groups is 1. The van der Waals surface area contributed by atoms with Gasteiger partial charge in [-0.3, -0.25) is 19.7 Å². The number of nitrogens with zero attached hydrogens (tertiary/aromatic N) is 1. The molecule has 0 aliphatic carbocycles. The van der Waals surface area contributed by atoms with Crippen LogP contribution in [0.2, 0.25) is 0 Å². The van der Waals surface area contributed by atoms with Crippen molar-refractivity contribution in [2.24, 2.45) is 0 Å². The van der Waals surface area contributed by atoms with Crippen LogP contribution in [0.5, 0.6) is 0 Å². The van der Waals surface area contributed by atoms with E-state index in [1.807, 2.05) is 13.0 Å². The highest BCUT2D eigenvalue weighted by molar-refractivity contribution is 7.80. The molecular weight excluding hydrogens is 398 g/mol. The van der Waals surface area contributed by atoms with Crippen molar-refractivity contribution in [3.8, 4) is 0 Å². The number of fused-ring (bicyclic) bond motifs is 1. The largest absolute Gasteiger partial charge is 0.332 e. The monoisotopic (exact) mass is 415 g/mol. The van der Waals surface area contributed by atoms with E-state index in [9.17, 15) is 14.4 Å². The van der Waals surface area contributed by atoms with E-state index in [4.69, 9.17) is 12.2 Å². The molecule has 1 aliphatic rings. The highest BCUT2D eigenvalue weighted by atomic mass is 32.1. The molecule has 0 aromatic heterocycles. The van der Waals surface area contributed by atoms with Crippen LogP contribution >= 0.6 is 12.2 Å². The zero-order valence-electron chi connectivity index (χ0n) is 16.0. The molecule has 4 rings (SSSR count). The second-order valence-electron chi connectivity index (χ2n) is 6.82. The number of hydrogen-bond acceptors (Lipinski definition) is 4. The fraction of sp³-hybridized carbons (Fsp3) is 0.0435. The number of carbonyl (C=O) groups excluding carboxylic acids is 3. The molecule has 3 aromatic rings. The van der Waals surface area contributed by atoms with Crippen LogP contribution in [-0.2, 0) is 0 Å². The molecule has 0 radical (unpaired) electrons. The number of benzene rings is 3. The molecule has 3 aromatic carbocycles. The quantitative estimate of drug-likeness (QED) is 0.501. The Morgan fingerprint density at radius 1 is 0.867 bits per heavy atom. The molecule has 1 aliphatic heterocycles. The molecule has 7 heteroatoms. The van der Waals surface area contributed by atoms with Gasteiger partial charge in [-0.25, -0.2) is 4.90 Å². The van der Waals surface area contributed by atoms with Crippen molar-refractivity contribution in [2.75, 3.05) is 10.2 Å². The standard InChI is InChI=1S/C23H17N3O3S/c1-14-6-4-7-15(12-14)20(27)25-23(30)24-16-8-5-9-17(13-16)26-21(28)18-10-2-3-11-19(18)22(26)29/h2-13H,1H3,(H2,24,25,27,30). The number of imide groups is 1. The molecule has 0 unspecified atom stereocenters. The van der Waals surface area contributed by atoms with Crippen LogP contribution in [0.1, 0.15) is 36.6 Å². The van der Waals surface area contributed by atoms with Crippen molar-refractivity contribution >= 4 is 46.4 Å². The average molecular weight is 415 g/mol. The lowest BCUT2D eigenvalue weighted by Crippen LogP contribution is -2.34. The van der Waals surface area contributed by atoms with Crippen LogP contribution in [-0.4, -0.2) is 22.8 Å². The molecule has 6 nitrogen and oxygen atoms in total. The summed E-state index contributed by atoms with van der Waals surface area (Å²) in [6.07, 6.45) is 0.